The Balaban J connectivity index is 1.60. The van der Waals surface area contributed by atoms with Crippen LogP contribution in [0.2, 0.25) is 0 Å². The molecule has 4 heterocycles. The molecule has 0 aliphatic carbocycles. The molecule has 0 amide bonds. The Kier molecular flexibility index (Phi) is 4.35. The van der Waals surface area contributed by atoms with Gasteiger partial charge >= 0.3 is 0 Å². The molecule has 3 aromatic rings. The zero-order valence-corrected chi connectivity index (χ0v) is 16.6. The van der Waals surface area contributed by atoms with Crippen LogP contribution in [0.4, 0.5) is 5.69 Å². The number of aromatic nitrogens is 2. The van der Waals surface area contributed by atoms with Crippen molar-refractivity contribution in [2.45, 2.75) is 24.3 Å². The largest absolute Gasteiger partial charge is 0.339 e. The van der Waals surface area contributed by atoms with Crippen LogP contribution in [0.3, 0.4) is 0 Å². The molecule has 0 bridgehead atoms. The predicted molar refractivity (Wildman–Crippen MR) is 113 cm³/mol. The maximum atomic E-state index is 11.2. The first-order valence-electron chi connectivity index (χ1n) is 9.46. The SMILES string of the molecule is C[C@H]1CN2C(=N[C@H](c3ccccn3)[C@@H]2c2cccn2-c2cccc([N+](=O)[O-])c2)S1. The van der Waals surface area contributed by atoms with Gasteiger partial charge in [-0.2, -0.15) is 0 Å². The molecule has 2 aromatic heterocycles. The van der Waals surface area contributed by atoms with E-state index in [0.29, 0.717) is 5.25 Å². The fourth-order valence-electron chi connectivity index (χ4n) is 4.06. The zero-order valence-electron chi connectivity index (χ0n) is 15.8. The van der Waals surface area contributed by atoms with Crippen LogP contribution in [0.1, 0.15) is 30.4 Å². The molecule has 0 saturated carbocycles. The Bertz CT molecular complexity index is 1100. The van der Waals surface area contributed by atoms with Crippen LogP contribution in [0.15, 0.2) is 72.0 Å². The fourth-order valence-corrected chi connectivity index (χ4v) is 5.16. The van der Waals surface area contributed by atoms with Crippen molar-refractivity contribution in [3.63, 3.8) is 0 Å². The second-order valence-electron chi connectivity index (χ2n) is 7.22. The number of nitrogens with zero attached hydrogens (tertiary/aromatic N) is 5. The van der Waals surface area contributed by atoms with Gasteiger partial charge in [-0.1, -0.05) is 30.8 Å². The summed E-state index contributed by atoms with van der Waals surface area (Å²) in [6, 6.07) is 16.6. The molecule has 1 aromatic carbocycles. The lowest BCUT2D eigenvalue weighted by Gasteiger charge is -2.28. The van der Waals surface area contributed by atoms with Gasteiger partial charge in [0.15, 0.2) is 5.17 Å². The minimum absolute atomic E-state index is 0.00777. The molecule has 0 radical (unpaired) electrons. The molecule has 3 atom stereocenters. The number of thioether (sulfide) groups is 1. The molecule has 7 nitrogen and oxygen atoms in total. The van der Waals surface area contributed by atoms with Crippen molar-refractivity contribution >= 4 is 22.6 Å². The highest BCUT2D eigenvalue weighted by molar-refractivity contribution is 8.14. The Hall–Kier alpha value is -3.13. The van der Waals surface area contributed by atoms with Gasteiger partial charge in [-0.25, -0.2) is 0 Å². The van der Waals surface area contributed by atoms with Gasteiger partial charge in [0.2, 0.25) is 0 Å². The molecule has 0 N–H and O–H groups in total. The summed E-state index contributed by atoms with van der Waals surface area (Å²) >= 11 is 1.79. The number of nitro groups is 1. The second-order valence-corrected chi connectivity index (χ2v) is 8.62. The highest BCUT2D eigenvalue weighted by atomic mass is 32.2. The predicted octanol–water partition coefficient (Wildman–Crippen LogP) is 4.37. The maximum Gasteiger partial charge on any atom is 0.271 e. The molecule has 146 valence electrons. The van der Waals surface area contributed by atoms with Crippen LogP contribution in [-0.2, 0) is 0 Å². The van der Waals surface area contributed by atoms with Crippen molar-refractivity contribution in [2.75, 3.05) is 6.54 Å². The number of hydrogen-bond donors (Lipinski definition) is 0. The van der Waals surface area contributed by atoms with E-state index in [1.807, 2.05) is 41.1 Å². The first-order chi connectivity index (χ1) is 14.1. The second kappa shape index (κ2) is 7.04. The summed E-state index contributed by atoms with van der Waals surface area (Å²) in [5.41, 5.74) is 2.83. The Labute approximate surface area is 172 Å². The standard InChI is InChI=1S/C21H19N5O2S/c1-14-13-25-20(19(23-21(25)29-14)17-8-2-3-10-22-17)18-9-5-11-24(18)15-6-4-7-16(12-15)26(27)28/h2-12,14,19-20H,13H2,1H3/t14-,19+,20-/m0/s1. The number of nitro benzene ring substituents is 1. The molecule has 2 aliphatic heterocycles. The molecule has 8 heteroatoms. The molecule has 1 saturated heterocycles. The van der Waals surface area contributed by atoms with Crippen LogP contribution in [0.5, 0.6) is 0 Å². The summed E-state index contributed by atoms with van der Waals surface area (Å²) in [6.07, 6.45) is 3.75. The molecule has 0 spiro atoms. The van der Waals surface area contributed by atoms with E-state index < -0.39 is 0 Å². The normalized spacial score (nSPS) is 23.1. The van der Waals surface area contributed by atoms with Gasteiger partial charge in [-0.15, -0.1) is 0 Å². The van der Waals surface area contributed by atoms with E-state index in [0.717, 1.165) is 28.8 Å². The summed E-state index contributed by atoms with van der Waals surface area (Å²) in [5.74, 6) is 0. The van der Waals surface area contributed by atoms with Crippen LogP contribution in [0, 0.1) is 10.1 Å². The molecule has 1 fully saturated rings. The number of fused-ring (bicyclic) bond motifs is 1. The molecular formula is C21H19N5O2S. The van der Waals surface area contributed by atoms with Gasteiger partial charge < -0.3 is 9.47 Å². The van der Waals surface area contributed by atoms with Crippen molar-refractivity contribution in [1.29, 1.82) is 0 Å². The number of benzene rings is 1. The average Bonchev–Trinajstić information content (AvgIpc) is 3.42. The topological polar surface area (TPSA) is 76.6 Å². The lowest BCUT2D eigenvalue weighted by Crippen LogP contribution is -2.30. The van der Waals surface area contributed by atoms with Gasteiger partial charge in [0.05, 0.1) is 22.3 Å². The summed E-state index contributed by atoms with van der Waals surface area (Å²) in [5, 5.41) is 12.8. The number of non-ortho nitro benzene ring substituents is 1. The molecule has 29 heavy (non-hydrogen) atoms. The zero-order chi connectivity index (χ0) is 20.0. The van der Waals surface area contributed by atoms with Gasteiger partial charge in [0.1, 0.15) is 6.04 Å². The van der Waals surface area contributed by atoms with Gasteiger partial charge in [0.25, 0.3) is 5.69 Å². The van der Waals surface area contributed by atoms with E-state index in [1.165, 1.54) is 6.07 Å². The van der Waals surface area contributed by atoms with Crippen molar-refractivity contribution in [3.05, 3.63) is 88.5 Å². The Morgan fingerprint density at radius 2 is 2.07 bits per heavy atom. The third kappa shape index (κ3) is 3.09. The first kappa shape index (κ1) is 17.9. The lowest BCUT2D eigenvalue weighted by atomic mass is 10.0. The molecule has 5 rings (SSSR count). The van der Waals surface area contributed by atoms with Crippen LogP contribution in [-0.4, -0.2) is 36.3 Å². The summed E-state index contributed by atoms with van der Waals surface area (Å²) in [7, 11) is 0. The third-order valence-corrected chi connectivity index (χ3v) is 6.39. The van der Waals surface area contributed by atoms with Gasteiger partial charge in [-0.3, -0.25) is 20.1 Å². The third-order valence-electron chi connectivity index (χ3n) is 5.28. The summed E-state index contributed by atoms with van der Waals surface area (Å²) < 4.78 is 2.03. The monoisotopic (exact) mass is 405 g/mol. The van der Waals surface area contributed by atoms with Crippen LogP contribution < -0.4 is 0 Å². The van der Waals surface area contributed by atoms with E-state index in [-0.39, 0.29) is 22.7 Å². The van der Waals surface area contributed by atoms with Gasteiger partial charge in [0, 0.05) is 42.0 Å². The van der Waals surface area contributed by atoms with Crippen LogP contribution >= 0.6 is 11.8 Å². The van der Waals surface area contributed by atoms with Crippen molar-refractivity contribution in [2.24, 2.45) is 4.99 Å². The fraction of sp³-hybridized carbons (Fsp3) is 0.238. The quantitative estimate of drug-likeness (QED) is 0.476. The number of amidine groups is 1. The van der Waals surface area contributed by atoms with E-state index >= 15 is 0 Å². The lowest BCUT2D eigenvalue weighted by molar-refractivity contribution is -0.384. The number of hydrogen-bond acceptors (Lipinski definition) is 6. The number of rotatable bonds is 4. The minimum atomic E-state index is -0.362. The Morgan fingerprint density at radius 1 is 1.17 bits per heavy atom. The van der Waals surface area contributed by atoms with E-state index in [9.17, 15) is 10.1 Å². The van der Waals surface area contributed by atoms with Crippen molar-refractivity contribution < 1.29 is 4.92 Å². The molecule has 0 unspecified atom stereocenters. The average molecular weight is 405 g/mol. The highest BCUT2D eigenvalue weighted by Gasteiger charge is 2.44. The van der Waals surface area contributed by atoms with Gasteiger partial charge in [-0.05, 0) is 30.3 Å². The Morgan fingerprint density at radius 3 is 2.86 bits per heavy atom. The van der Waals surface area contributed by atoms with E-state index in [4.69, 9.17) is 4.99 Å². The van der Waals surface area contributed by atoms with Crippen molar-refractivity contribution in [1.82, 2.24) is 14.5 Å². The summed E-state index contributed by atoms with van der Waals surface area (Å²) in [6.45, 7) is 3.12. The number of aliphatic imine (C=N–C) groups is 1. The smallest absolute Gasteiger partial charge is 0.271 e. The molecular weight excluding hydrogens is 386 g/mol. The minimum Gasteiger partial charge on any atom is -0.339 e. The summed E-state index contributed by atoms with van der Waals surface area (Å²) in [4.78, 5) is 22.8. The maximum absolute atomic E-state index is 11.2. The number of pyridine rings is 1. The first-order valence-corrected chi connectivity index (χ1v) is 10.3. The van der Waals surface area contributed by atoms with E-state index in [1.54, 1.807) is 30.1 Å². The molecule has 2 aliphatic rings. The highest BCUT2D eigenvalue weighted by Crippen LogP contribution is 2.47. The van der Waals surface area contributed by atoms with Crippen molar-refractivity contribution in [3.8, 4) is 5.69 Å². The van der Waals surface area contributed by atoms with Crippen LogP contribution in [0.25, 0.3) is 5.69 Å². The van der Waals surface area contributed by atoms with E-state index in [2.05, 4.69) is 22.9 Å².